The number of halogens is 1. The van der Waals surface area contributed by atoms with Crippen LogP contribution in [-0.2, 0) is 4.79 Å². The van der Waals surface area contributed by atoms with Crippen LogP contribution in [0.15, 0.2) is 53.0 Å². The first-order chi connectivity index (χ1) is 11.5. The van der Waals surface area contributed by atoms with Crippen LogP contribution in [0.3, 0.4) is 0 Å². The summed E-state index contributed by atoms with van der Waals surface area (Å²) < 4.78 is 1.01. The lowest BCUT2D eigenvalue weighted by molar-refractivity contribution is -0.117. The first kappa shape index (κ1) is 17.1. The lowest BCUT2D eigenvalue weighted by Gasteiger charge is -2.16. The van der Waals surface area contributed by atoms with Gasteiger partial charge in [0.1, 0.15) is 0 Å². The molecule has 0 aliphatic carbocycles. The molecule has 0 saturated carbocycles. The number of hydrogen-bond acceptors (Lipinski definition) is 3. The van der Waals surface area contributed by atoms with Crippen molar-refractivity contribution in [1.29, 1.82) is 0 Å². The zero-order chi connectivity index (χ0) is 17.1. The second-order valence-electron chi connectivity index (χ2n) is 6.38. The Labute approximate surface area is 151 Å². The molecule has 1 heterocycles. The molecule has 0 radical (unpaired) electrons. The number of rotatable bonds is 4. The lowest BCUT2D eigenvalue weighted by atomic mass is 9.95. The van der Waals surface area contributed by atoms with Gasteiger partial charge in [-0.3, -0.25) is 9.69 Å². The normalized spacial score (nSPS) is 21.0. The molecular weight excluding hydrogens is 366 g/mol. The largest absolute Gasteiger partial charge is 0.326 e. The van der Waals surface area contributed by atoms with Crippen LogP contribution >= 0.6 is 15.9 Å². The fraction of sp³-hybridized carbons (Fsp3) is 0.316. The summed E-state index contributed by atoms with van der Waals surface area (Å²) in [6.45, 7) is 3.91. The van der Waals surface area contributed by atoms with Crippen molar-refractivity contribution in [3.8, 4) is 0 Å². The Kier molecular flexibility index (Phi) is 5.33. The minimum Gasteiger partial charge on any atom is -0.326 e. The summed E-state index contributed by atoms with van der Waals surface area (Å²) in [7, 11) is 0. The number of hydrogen-bond donors (Lipinski definition) is 2. The molecule has 126 valence electrons. The quantitative estimate of drug-likeness (QED) is 0.846. The lowest BCUT2D eigenvalue weighted by Crippen LogP contribution is -2.33. The number of carbonyl (C=O) groups is 1. The molecule has 2 aromatic carbocycles. The summed E-state index contributed by atoms with van der Waals surface area (Å²) in [5, 5.41) is 2.99. The monoisotopic (exact) mass is 387 g/mol. The summed E-state index contributed by atoms with van der Waals surface area (Å²) in [4.78, 5) is 14.5. The zero-order valence-electron chi connectivity index (χ0n) is 13.7. The molecule has 5 heteroatoms. The highest BCUT2D eigenvalue weighted by atomic mass is 79.9. The third kappa shape index (κ3) is 4.04. The Hall–Kier alpha value is -1.69. The van der Waals surface area contributed by atoms with Crippen molar-refractivity contribution < 1.29 is 4.79 Å². The van der Waals surface area contributed by atoms with Crippen molar-refractivity contribution in [3.63, 3.8) is 0 Å². The Morgan fingerprint density at radius 1 is 1.25 bits per heavy atom. The average molecular weight is 388 g/mol. The highest BCUT2D eigenvalue weighted by Crippen LogP contribution is 2.26. The van der Waals surface area contributed by atoms with E-state index in [1.165, 1.54) is 5.56 Å². The maximum atomic E-state index is 12.4. The molecule has 3 rings (SSSR count). The van der Waals surface area contributed by atoms with Crippen molar-refractivity contribution in [2.75, 3.05) is 25.0 Å². The van der Waals surface area contributed by atoms with E-state index in [2.05, 4.69) is 38.3 Å². The van der Waals surface area contributed by atoms with E-state index in [-0.39, 0.29) is 17.9 Å². The van der Waals surface area contributed by atoms with Crippen LogP contribution in [0.4, 0.5) is 5.69 Å². The standard InChI is InChI=1S/C19H22BrN3O/c1-13-9-15(20)7-8-18(13)22-19(24)12-23-10-16(17(21)11-23)14-5-3-2-4-6-14/h2-9,16-17H,10-12,21H2,1H3,(H,22,24)/t16-,17+/m0/s1. The van der Waals surface area contributed by atoms with E-state index in [1.807, 2.05) is 43.3 Å². The van der Waals surface area contributed by atoms with Crippen molar-refractivity contribution in [1.82, 2.24) is 4.90 Å². The van der Waals surface area contributed by atoms with E-state index in [0.717, 1.165) is 28.8 Å². The molecule has 2 aromatic rings. The minimum atomic E-state index is 0.00124. The summed E-state index contributed by atoms with van der Waals surface area (Å²) in [6.07, 6.45) is 0. The molecule has 0 aromatic heterocycles. The van der Waals surface area contributed by atoms with Crippen molar-refractivity contribution >= 4 is 27.5 Å². The fourth-order valence-corrected chi connectivity index (χ4v) is 3.73. The van der Waals surface area contributed by atoms with E-state index in [9.17, 15) is 4.79 Å². The molecule has 24 heavy (non-hydrogen) atoms. The van der Waals surface area contributed by atoms with E-state index in [4.69, 9.17) is 5.73 Å². The van der Waals surface area contributed by atoms with E-state index in [1.54, 1.807) is 0 Å². The predicted molar refractivity (Wildman–Crippen MR) is 101 cm³/mol. The third-order valence-corrected chi connectivity index (χ3v) is 4.99. The van der Waals surface area contributed by atoms with Gasteiger partial charge in [0.15, 0.2) is 0 Å². The summed E-state index contributed by atoms with van der Waals surface area (Å²) >= 11 is 3.43. The molecule has 0 spiro atoms. The summed E-state index contributed by atoms with van der Waals surface area (Å²) in [6, 6.07) is 16.2. The van der Waals surface area contributed by atoms with Gasteiger partial charge in [-0.25, -0.2) is 0 Å². The SMILES string of the molecule is Cc1cc(Br)ccc1NC(=O)CN1C[C@@H](N)[C@H](c2ccccc2)C1. The molecule has 3 N–H and O–H groups in total. The van der Waals surface area contributed by atoms with Crippen LogP contribution in [0.5, 0.6) is 0 Å². The number of anilines is 1. The average Bonchev–Trinajstić information content (AvgIpc) is 2.91. The highest BCUT2D eigenvalue weighted by Gasteiger charge is 2.31. The second kappa shape index (κ2) is 7.47. The topological polar surface area (TPSA) is 58.4 Å². The maximum absolute atomic E-state index is 12.4. The second-order valence-corrected chi connectivity index (χ2v) is 7.30. The van der Waals surface area contributed by atoms with E-state index in [0.29, 0.717) is 6.54 Å². The van der Waals surface area contributed by atoms with Gasteiger partial charge in [0, 0.05) is 35.2 Å². The number of nitrogens with two attached hydrogens (primary N) is 1. The van der Waals surface area contributed by atoms with Crippen LogP contribution < -0.4 is 11.1 Å². The Bertz CT molecular complexity index is 720. The molecular formula is C19H22BrN3O. The van der Waals surface area contributed by atoms with E-state index >= 15 is 0 Å². The van der Waals surface area contributed by atoms with Crippen molar-refractivity contribution in [2.45, 2.75) is 18.9 Å². The first-order valence-corrected chi connectivity index (χ1v) is 8.91. The summed E-state index contributed by atoms with van der Waals surface area (Å²) in [5.41, 5.74) is 9.43. The molecule has 1 fully saturated rings. The molecule has 1 saturated heterocycles. The fourth-order valence-electron chi connectivity index (χ4n) is 3.26. The molecule has 0 bridgehead atoms. The van der Waals surface area contributed by atoms with Gasteiger partial charge in [0.2, 0.25) is 5.91 Å². The molecule has 2 atom stereocenters. The first-order valence-electron chi connectivity index (χ1n) is 8.12. The number of nitrogens with one attached hydrogen (secondary N) is 1. The predicted octanol–water partition coefficient (Wildman–Crippen LogP) is 3.12. The van der Waals surface area contributed by atoms with Gasteiger partial charge in [0.25, 0.3) is 0 Å². The minimum absolute atomic E-state index is 0.00124. The Morgan fingerprint density at radius 3 is 2.71 bits per heavy atom. The zero-order valence-corrected chi connectivity index (χ0v) is 15.3. The number of nitrogens with zero attached hydrogens (tertiary/aromatic N) is 1. The maximum Gasteiger partial charge on any atom is 0.238 e. The molecule has 4 nitrogen and oxygen atoms in total. The number of amides is 1. The van der Waals surface area contributed by atoms with Crippen LogP contribution in [-0.4, -0.2) is 36.5 Å². The van der Waals surface area contributed by atoms with Gasteiger partial charge in [-0.05, 0) is 36.2 Å². The third-order valence-electron chi connectivity index (χ3n) is 4.50. The molecule has 1 aliphatic heterocycles. The summed E-state index contributed by atoms with van der Waals surface area (Å²) in [5.74, 6) is 0.287. The number of aryl methyl sites for hydroxylation is 1. The number of benzene rings is 2. The van der Waals surface area contributed by atoms with Crippen LogP contribution in [0.25, 0.3) is 0 Å². The number of carbonyl (C=O) groups excluding carboxylic acids is 1. The molecule has 1 aliphatic rings. The Morgan fingerprint density at radius 2 is 2.00 bits per heavy atom. The van der Waals surface area contributed by atoms with Gasteiger partial charge in [-0.2, -0.15) is 0 Å². The van der Waals surface area contributed by atoms with Crippen LogP contribution in [0.1, 0.15) is 17.0 Å². The van der Waals surface area contributed by atoms with E-state index < -0.39 is 0 Å². The number of likely N-dealkylation sites (tertiary alicyclic amines) is 1. The molecule has 0 unspecified atom stereocenters. The van der Waals surface area contributed by atoms with Crippen LogP contribution in [0.2, 0.25) is 0 Å². The van der Waals surface area contributed by atoms with Gasteiger partial charge in [-0.15, -0.1) is 0 Å². The van der Waals surface area contributed by atoms with Gasteiger partial charge in [-0.1, -0.05) is 46.3 Å². The van der Waals surface area contributed by atoms with Crippen molar-refractivity contribution in [3.05, 3.63) is 64.1 Å². The van der Waals surface area contributed by atoms with Gasteiger partial charge in [0.05, 0.1) is 6.54 Å². The van der Waals surface area contributed by atoms with Crippen LogP contribution in [0, 0.1) is 6.92 Å². The highest BCUT2D eigenvalue weighted by molar-refractivity contribution is 9.10. The Balaban J connectivity index is 1.59. The van der Waals surface area contributed by atoms with Gasteiger partial charge >= 0.3 is 0 Å². The smallest absolute Gasteiger partial charge is 0.238 e. The molecule has 1 amide bonds. The van der Waals surface area contributed by atoms with Gasteiger partial charge < -0.3 is 11.1 Å². The van der Waals surface area contributed by atoms with Crippen molar-refractivity contribution in [2.24, 2.45) is 5.73 Å².